The summed E-state index contributed by atoms with van der Waals surface area (Å²) < 4.78 is 10.3. The Morgan fingerprint density at radius 3 is 2.54 bits per heavy atom. The van der Waals surface area contributed by atoms with Crippen LogP contribution in [0, 0.1) is 0 Å². The van der Waals surface area contributed by atoms with Crippen LogP contribution >= 0.6 is 11.6 Å². The number of aromatic nitrogens is 3. The van der Waals surface area contributed by atoms with Gasteiger partial charge in [0.05, 0.1) is 17.7 Å². The summed E-state index contributed by atoms with van der Waals surface area (Å²) in [5.41, 5.74) is 6.69. The van der Waals surface area contributed by atoms with E-state index >= 15 is 0 Å². The number of nitrogen functional groups attached to an aromatic ring is 1. The smallest absolute Gasteiger partial charge is 0.337 e. The highest BCUT2D eigenvalue weighted by molar-refractivity contribution is 6.30. The first-order chi connectivity index (χ1) is 12.6. The summed E-state index contributed by atoms with van der Waals surface area (Å²) in [6.07, 6.45) is 2.81. The number of nitrogens with two attached hydrogens (primary N) is 1. The van der Waals surface area contributed by atoms with Crippen molar-refractivity contribution in [1.82, 2.24) is 15.0 Å². The van der Waals surface area contributed by atoms with E-state index in [1.165, 1.54) is 19.6 Å². The molecular formula is C17H14ClN5O3. The second kappa shape index (κ2) is 7.66. The van der Waals surface area contributed by atoms with Gasteiger partial charge in [-0.1, -0.05) is 11.6 Å². The maximum atomic E-state index is 11.5. The molecule has 1 aromatic carbocycles. The molecule has 2 heterocycles. The van der Waals surface area contributed by atoms with Gasteiger partial charge in [-0.25, -0.2) is 14.8 Å². The Labute approximate surface area is 154 Å². The molecule has 0 fully saturated rings. The van der Waals surface area contributed by atoms with Crippen LogP contribution in [-0.2, 0) is 4.74 Å². The van der Waals surface area contributed by atoms with Gasteiger partial charge >= 0.3 is 5.97 Å². The summed E-state index contributed by atoms with van der Waals surface area (Å²) in [6.45, 7) is 0. The molecular weight excluding hydrogens is 358 g/mol. The van der Waals surface area contributed by atoms with E-state index in [0.29, 0.717) is 28.0 Å². The van der Waals surface area contributed by atoms with Gasteiger partial charge in [0.25, 0.3) is 0 Å². The molecule has 2 aromatic heterocycles. The van der Waals surface area contributed by atoms with E-state index < -0.39 is 5.97 Å². The number of rotatable bonds is 5. The van der Waals surface area contributed by atoms with E-state index in [9.17, 15) is 4.79 Å². The molecule has 3 rings (SSSR count). The molecule has 3 aromatic rings. The first-order valence-corrected chi connectivity index (χ1v) is 7.80. The van der Waals surface area contributed by atoms with Gasteiger partial charge in [-0.3, -0.25) is 0 Å². The number of benzene rings is 1. The highest BCUT2D eigenvalue weighted by Crippen LogP contribution is 2.30. The quantitative estimate of drug-likeness (QED) is 0.656. The zero-order chi connectivity index (χ0) is 18.5. The van der Waals surface area contributed by atoms with E-state index in [4.69, 9.17) is 22.1 Å². The number of nitrogens with one attached hydrogen (secondary N) is 1. The molecule has 0 amide bonds. The van der Waals surface area contributed by atoms with Crippen LogP contribution in [0.4, 0.5) is 17.3 Å². The van der Waals surface area contributed by atoms with Crippen LogP contribution in [0.1, 0.15) is 10.4 Å². The number of nitrogens with zero attached hydrogens (tertiary/aromatic N) is 3. The lowest BCUT2D eigenvalue weighted by Crippen LogP contribution is -2.04. The molecule has 132 valence electrons. The fraction of sp³-hybridized carbons (Fsp3) is 0.0588. The van der Waals surface area contributed by atoms with Crippen LogP contribution < -0.4 is 15.8 Å². The van der Waals surface area contributed by atoms with Crippen molar-refractivity contribution in [2.45, 2.75) is 0 Å². The average Bonchev–Trinajstić information content (AvgIpc) is 2.66. The highest BCUT2D eigenvalue weighted by Gasteiger charge is 2.12. The minimum Gasteiger partial charge on any atom is -0.465 e. The fourth-order valence-electron chi connectivity index (χ4n) is 2.02. The summed E-state index contributed by atoms with van der Waals surface area (Å²) in [7, 11) is 1.32. The van der Waals surface area contributed by atoms with Crippen LogP contribution in [0.2, 0.25) is 5.02 Å². The number of ether oxygens (including phenoxy) is 2. The lowest BCUT2D eigenvalue weighted by molar-refractivity contribution is 0.0600. The average molecular weight is 372 g/mol. The summed E-state index contributed by atoms with van der Waals surface area (Å²) >= 11 is 5.81. The lowest BCUT2D eigenvalue weighted by Gasteiger charge is -2.11. The number of anilines is 3. The van der Waals surface area contributed by atoms with Gasteiger partial charge in [-0.2, -0.15) is 4.98 Å². The maximum absolute atomic E-state index is 11.5. The van der Waals surface area contributed by atoms with Crippen molar-refractivity contribution in [1.29, 1.82) is 0 Å². The Morgan fingerprint density at radius 2 is 1.88 bits per heavy atom. The SMILES string of the molecule is COC(=O)c1ccc(Oc2ncnc(Nc3ccc(Cl)cn3)c2N)cc1. The Hall–Kier alpha value is -3.39. The van der Waals surface area contributed by atoms with Gasteiger partial charge in [0.15, 0.2) is 5.82 Å². The van der Waals surface area contributed by atoms with E-state index in [1.807, 2.05) is 0 Å². The molecule has 26 heavy (non-hydrogen) atoms. The van der Waals surface area contributed by atoms with Gasteiger partial charge < -0.3 is 20.5 Å². The first kappa shape index (κ1) is 17.4. The minimum atomic E-state index is -0.431. The Balaban J connectivity index is 1.78. The van der Waals surface area contributed by atoms with Crippen LogP contribution in [0.5, 0.6) is 11.6 Å². The van der Waals surface area contributed by atoms with Gasteiger partial charge in [0.2, 0.25) is 5.88 Å². The summed E-state index contributed by atoms with van der Waals surface area (Å²) in [5, 5.41) is 3.49. The number of hydrogen-bond acceptors (Lipinski definition) is 8. The molecule has 0 atom stereocenters. The predicted molar refractivity (Wildman–Crippen MR) is 96.8 cm³/mol. The van der Waals surface area contributed by atoms with Gasteiger partial charge in [-0.15, -0.1) is 0 Å². The van der Waals surface area contributed by atoms with E-state index in [-0.39, 0.29) is 11.6 Å². The molecule has 8 nitrogen and oxygen atoms in total. The van der Waals surface area contributed by atoms with Crippen molar-refractivity contribution >= 4 is 34.9 Å². The van der Waals surface area contributed by atoms with Crippen molar-refractivity contribution in [3.63, 3.8) is 0 Å². The summed E-state index contributed by atoms with van der Waals surface area (Å²) in [5.74, 6) is 1.06. The van der Waals surface area contributed by atoms with Crippen LogP contribution in [-0.4, -0.2) is 28.0 Å². The summed E-state index contributed by atoms with van der Waals surface area (Å²) in [4.78, 5) is 23.7. The third kappa shape index (κ3) is 3.98. The van der Waals surface area contributed by atoms with Gasteiger partial charge in [0.1, 0.15) is 23.6 Å². The van der Waals surface area contributed by atoms with Crippen molar-refractivity contribution < 1.29 is 14.3 Å². The fourth-order valence-corrected chi connectivity index (χ4v) is 2.13. The zero-order valence-corrected chi connectivity index (χ0v) is 14.4. The molecule has 0 aliphatic heterocycles. The van der Waals surface area contributed by atoms with E-state index in [2.05, 4.69) is 25.0 Å². The normalized spacial score (nSPS) is 10.2. The topological polar surface area (TPSA) is 112 Å². The van der Waals surface area contributed by atoms with E-state index in [0.717, 1.165) is 0 Å². The molecule has 0 saturated carbocycles. The van der Waals surface area contributed by atoms with Crippen molar-refractivity contribution in [2.75, 3.05) is 18.2 Å². The highest BCUT2D eigenvalue weighted by atomic mass is 35.5. The lowest BCUT2D eigenvalue weighted by atomic mass is 10.2. The predicted octanol–water partition coefficient (Wildman–Crippen LogP) is 3.43. The number of hydrogen-bond donors (Lipinski definition) is 2. The van der Waals surface area contributed by atoms with E-state index in [1.54, 1.807) is 36.4 Å². The second-order valence-electron chi connectivity index (χ2n) is 5.05. The molecule has 0 aliphatic rings. The van der Waals surface area contributed by atoms with Crippen molar-refractivity contribution in [2.24, 2.45) is 0 Å². The van der Waals surface area contributed by atoms with Crippen LogP contribution in [0.3, 0.4) is 0 Å². The maximum Gasteiger partial charge on any atom is 0.337 e. The van der Waals surface area contributed by atoms with Crippen molar-refractivity contribution in [3.05, 3.63) is 59.5 Å². The molecule has 0 aliphatic carbocycles. The molecule has 0 radical (unpaired) electrons. The minimum absolute atomic E-state index is 0.169. The molecule has 0 bridgehead atoms. The largest absolute Gasteiger partial charge is 0.465 e. The number of methoxy groups -OCH3 is 1. The van der Waals surface area contributed by atoms with Gasteiger partial charge in [-0.05, 0) is 36.4 Å². The molecule has 9 heteroatoms. The monoisotopic (exact) mass is 371 g/mol. The third-order valence-corrected chi connectivity index (χ3v) is 3.53. The molecule has 0 unspecified atom stereocenters. The number of carbonyl (C=O) groups is 1. The molecule has 0 spiro atoms. The number of halogens is 1. The van der Waals surface area contributed by atoms with Crippen LogP contribution in [0.15, 0.2) is 48.9 Å². The Morgan fingerprint density at radius 1 is 1.12 bits per heavy atom. The third-order valence-electron chi connectivity index (χ3n) is 3.31. The second-order valence-corrected chi connectivity index (χ2v) is 5.48. The van der Waals surface area contributed by atoms with Crippen LogP contribution in [0.25, 0.3) is 0 Å². The Kier molecular flexibility index (Phi) is 5.14. The molecule has 0 saturated heterocycles. The van der Waals surface area contributed by atoms with Gasteiger partial charge in [0, 0.05) is 6.20 Å². The first-order valence-electron chi connectivity index (χ1n) is 7.42. The number of pyridine rings is 1. The van der Waals surface area contributed by atoms with Crippen molar-refractivity contribution in [3.8, 4) is 11.6 Å². The molecule has 3 N–H and O–H groups in total. The zero-order valence-electron chi connectivity index (χ0n) is 13.6. The Bertz CT molecular complexity index is 917. The summed E-state index contributed by atoms with van der Waals surface area (Å²) in [6, 6.07) is 9.76. The number of esters is 1. The number of carbonyl (C=O) groups excluding carboxylic acids is 1. The standard InChI is InChI=1S/C17H14ClN5O3/c1-25-17(24)10-2-5-12(6-3-10)26-16-14(19)15(21-9-22-16)23-13-7-4-11(18)8-20-13/h2-9H,19H2,1H3,(H,20,21,22,23).